The van der Waals surface area contributed by atoms with Gasteiger partial charge < -0.3 is 21.3 Å². The van der Waals surface area contributed by atoms with E-state index < -0.39 is 0 Å². The molecule has 0 aliphatic carbocycles. The predicted octanol–water partition coefficient (Wildman–Crippen LogP) is 6.72. The molecule has 1 aliphatic rings. The summed E-state index contributed by atoms with van der Waals surface area (Å²) in [5.74, 6) is 0.0477. The van der Waals surface area contributed by atoms with E-state index in [0.717, 1.165) is 33.0 Å². The molecule has 0 unspecified atom stereocenters. The van der Waals surface area contributed by atoms with Crippen LogP contribution >= 0.6 is 11.6 Å². The van der Waals surface area contributed by atoms with Gasteiger partial charge in [-0.05, 0) is 76.6 Å². The highest BCUT2D eigenvalue weighted by atomic mass is 35.5. The van der Waals surface area contributed by atoms with Crippen LogP contribution in [0.4, 0.5) is 0 Å². The van der Waals surface area contributed by atoms with Crippen LogP contribution in [-0.4, -0.2) is 59.3 Å². The number of carbonyl (C=O) groups excluding carboxylic acids is 2. The van der Waals surface area contributed by atoms with Gasteiger partial charge in [0.2, 0.25) is 5.91 Å². The van der Waals surface area contributed by atoms with Gasteiger partial charge in [0, 0.05) is 36.3 Å². The van der Waals surface area contributed by atoms with E-state index in [1.807, 2.05) is 94.7 Å². The number of benzene rings is 5. The van der Waals surface area contributed by atoms with Crippen LogP contribution in [0.1, 0.15) is 34.3 Å². The third-order valence-electron chi connectivity index (χ3n) is 9.06. The van der Waals surface area contributed by atoms with Gasteiger partial charge in [0.25, 0.3) is 5.91 Å². The quantitative estimate of drug-likeness (QED) is 0.0988. The zero-order valence-electron chi connectivity index (χ0n) is 26.8. The zero-order chi connectivity index (χ0) is 33.5. The number of amides is 2. The molecule has 5 aromatic rings. The van der Waals surface area contributed by atoms with Crippen LogP contribution in [0.25, 0.3) is 21.9 Å². The minimum atomic E-state index is -0.199. The van der Waals surface area contributed by atoms with Crippen LogP contribution < -0.4 is 11.5 Å². The van der Waals surface area contributed by atoms with Gasteiger partial charge >= 0.3 is 0 Å². The number of hydrogen-bond donors (Lipinski definition) is 2. The highest BCUT2D eigenvalue weighted by Gasteiger charge is 2.38. The van der Waals surface area contributed by atoms with Crippen molar-refractivity contribution in [1.82, 2.24) is 9.80 Å². The second-order valence-corrected chi connectivity index (χ2v) is 12.8. The normalized spacial score (nSPS) is 16.1. The average molecular weight is 658 g/mol. The molecule has 0 saturated carbocycles. The molecule has 0 radical (unpaired) electrons. The lowest BCUT2D eigenvalue weighted by Gasteiger charge is -2.47. The molecule has 2 atom stereocenters. The molecule has 7 nitrogen and oxygen atoms in total. The first-order valence-electron chi connectivity index (χ1n) is 16.4. The second-order valence-electron chi connectivity index (χ2n) is 12.4. The van der Waals surface area contributed by atoms with E-state index in [2.05, 4.69) is 41.4 Å². The van der Waals surface area contributed by atoms with Gasteiger partial charge in [0.15, 0.2) is 5.96 Å². The molecular formula is C40H40ClN5O2. The number of carbonyl (C=O) groups is 2. The van der Waals surface area contributed by atoms with Gasteiger partial charge in [-0.25, -0.2) is 0 Å². The first-order valence-corrected chi connectivity index (χ1v) is 16.8. The van der Waals surface area contributed by atoms with Crippen LogP contribution in [0.3, 0.4) is 0 Å². The first kappa shape index (κ1) is 32.8. The van der Waals surface area contributed by atoms with Crippen molar-refractivity contribution >= 4 is 40.1 Å². The largest absolute Gasteiger partial charge is 0.370 e. The summed E-state index contributed by atoms with van der Waals surface area (Å²) in [6.07, 6.45) is 2.27. The fraction of sp³-hybridized carbons (Fsp3) is 0.225. The molecule has 244 valence electrons. The third kappa shape index (κ3) is 8.04. The van der Waals surface area contributed by atoms with Crippen LogP contribution in [0.2, 0.25) is 5.02 Å². The maximum atomic E-state index is 14.3. The number of halogens is 1. The number of fused-ring (bicyclic) bond motifs is 1. The monoisotopic (exact) mass is 657 g/mol. The van der Waals surface area contributed by atoms with E-state index in [0.29, 0.717) is 49.5 Å². The van der Waals surface area contributed by atoms with Gasteiger partial charge in [-0.3, -0.25) is 14.6 Å². The van der Waals surface area contributed by atoms with Gasteiger partial charge in [-0.15, -0.1) is 0 Å². The van der Waals surface area contributed by atoms with Crippen molar-refractivity contribution in [2.45, 2.75) is 37.8 Å². The Morgan fingerprint density at radius 3 is 2.06 bits per heavy atom. The van der Waals surface area contributed by atoms with Crippen molar-refractivity contribution in [3.05, 3.63) is 143 Å². The third-order valence-corrected chi connectivity index (χ3v) is 9.31. The van der Waals surface area contributed by atoms with Crippen LogP contribution in [-0.2, 0) is 17.6 Å². The lowest BCUT2D eigenvalue weighted by molar-refractivity contribution is -0.136. The number of rotatable bonds is 10. The number of nitrogens with two attached hydrogens (primary N) is 2. The van der Waals surface area contributed by atoms with Gasteiger partial charge in [0.1, 0.15) is 0 Å². The fourth-order valence-electron chi connectivity index (χ4n) is 6.58. The number of nitrogens with zero attached hydrogens (tertiary/aromatic N) is 3. The molecule has 0 aromatic heterocycles. The molecule has 4 N–H and O–H groups in total. The Kier molecular flexibility index (Phi) is 10.4. The van der Waals surface area contributed by atoms with Crippen LogP contribution in [0, 0.1) is 0 Å². The standard InChI is InChI=1S/C40H40ClN5O2/c41-35-20-18-32(19-21-35)31-14-16-33(17-15-31)39(48)46-27-37(24-28-7-2-1-3-8-28)45(26-36(46)11-6-22-44-40(42)43)38(47)25-29-12-13-30-9-4-5-10-34(30)23-29/h1-5,7-10,12-21,23,36-37H,6,11,22,24-27H2,(H4,42,43,44)/t36-,37+/m0/s1. The Labute approximate surface area is 286 Å². The van der Waals surface area contributed by atoms with Crippen molar-refractivity contribution in [3.8, 4) is 11.1 Å². The molecule has 2 amide bonds. The molecule has 6 rings (SSSR count). The highest BCUT2D eigenvalue weighted by Crippen LogP contribution is 2.27. The number of aliphatic imine (C=N–C) groups is 1. The molecule has 0 bridgehead atoms. The lowest BCUT2D eigenvalue weighted by Crippen LogP contribution is -2.62. The highest BCUT2D eigenvalue weighted by molar-refractivity contribution is 6.30. The summed E-state index contributed by atoms with van der Waals surface area (Å²) in [5.41, 5.74) is 15.9. The summed E-state index contributed by atoms with van der Waals surface area (Å²) >= 11 is 6.09. The molecule has 8 heteroatoms. The number of guanidine groups is 1. The number of hydrogen-bond acceptors (Lipinski definition) is 3. The molecule has 48 heavy (non-hydrogen) atoms. The van der Waals surface area contributed by atoms with Gasteiger partial charge in [0.05, 0.1) is 12.5 Å². The van der Waals surface area contributed by atoms with E-state index in [1.165, 1.54) is 0 Å². The molecule has 1 heterocycles. The summed E-state index contributed by atoms with van der Waals surface area (Å²) in [4.78, 5) is 36.6. The van der Waals surface area contributed by atoms with E-state index in [9.17, 15) is 9.59 Å². The lowest BCUT2D eigenvalue weighted by atomic mass is 9.95. The maximum absolute atomic E-state index is 14.3. The topological polar surface area (TPSA) is 105 Å². The summed E-state index contributed by atoms with van der Waals surface area (Å²) in [6.45, 7) is 1.30. The molecule has 1 saturated heterocycles. The molecule has 0 spiro atoms. The Balaban J connectivity index is 1.28. The average Bonchev–Trinajstić information content (AvgIpc) is 3.11. The van der Waals surface area contributed by atoms with Crippen molar-refractivity contribution in [2.24, 2.45) is 16.5 Å². The van der Waals surface area contributed by atoms with Crippen LogP contribution in [0.5, 0.6) is 0 Å². The molecule has 5 aromatic carbocycles. The van der Waals surface area contributed by atoms with Gasteiger partial charge in [-0.1, -0.05) is 109 Å². The molecule has 1 aliphatic heterocycles. The van der Waals surface area contributed by atoms with E-state index in [4.69, 9.17) is 23.1 Å². The summed E-state index contributed by atoms with van der Waals surface area (Å²) in [5, 5.41) is 2.93. The van der Waals surface area contributed by atoms with E-state index in [1.54, 1.807) is 0 Å². The van der Waals surface area contributed by atoms with Gasteiger partial charge in [-0.2, -0.15) is 0 Å². The predicted molar refractivity (Wildman–Crippen MR) is 195 cm³/mol. The minimum absolute atomic E-state index is 0.0440. The Bertz CT molecular complexity index is 1890. The van der Waals surface area contributed by atoms with Crippen LogP contribution in [0.15, 0.2) is 126 Å². The SMILES string of the molecule is NC(N)=NCCC[C@H]1CN(C(=O)Cc2ccc3ccccc3c2)[C@H](Cc2ccccc2)CN1C(=O)c1ccc(-c2ccc(Cl)cc2)cc1. The van der Waals surface area contributed by atoms with Crippen molar-refractivity contribution in [2.75, 3.05) is 19.6 Å². The molecular weight excluding hydrogens is 618 g/mol. The van der Waals surface area contributed by atoms with Crippen molar-refractivity contribution in [3.63, 3.8) is 0 Å². The number of piperazine rings is 1. The molecule has 1 fully saturated rings. The van der Waals surface area contributed by atoms with Crippen molar-refractivity contribution < 1.29 is 9.59 Å². The zero-order valence-corrected chi connectivity index (χ0v) is 27.6. The Morgan fingerprint density at radius 2 is 1.35 bits per heavy atom. The Hall–Kier alpha value is -5.14. The summed E-state index contributed by atoms with van der Waals surface area (Å²) in [7, 11) is 0. The summed E-state index contributed by atoms with van der Waals surface area (Å²) in [6, 6.07) is 39.5. The van der Waals surface area contributed by atoms with Crippen molar-refractivity contribution in [1.29, 1.82) is 0 Å². The Morgan fingerprint density at radius 1 is 0.708 bits per heavy atom. The minimum Gasteiger partial charge on any atom is -0.370 e. The fourth-order valence-corrected chi connectivity index (χ4v) is 6.71. The van der Waals surface area contributed by atoms with E-state index in [-0.39, 0.29) is 36.3 Å². The smallest absolute Gasteiger partial charge is 0.254 e. The first-order chi connectivity index (χ1) is 23.3. The second kappa shape index (κ2) is 15.2. The maximum Gasteiger partial charge on any atom is 0.254 e. The van der Waals surface area contributed by atoms with E-state index >= 15 is 0 Å². The summed E-state index contributed by atoms with van der Waals surface area (Å²) < 4.78 is 0.